The molecule has 0 saturated carbocycles. The highest BCUT2D eigenvalue weighted by Gasteiger charge is 2.24. The molecule has 1 aliphatic heterocycles. The number of amides is 1. The van der Waals surface area contributed by atoms with Gasteiger partial charge in [-0.3, -0.25) is 14.7 Å². The number of rotatable bonds is 9. The van der Waals surface area contributed by atoms with Gasteiger partial charge in [-0.05, 0) is 56.8 Å². The molecule has 166 valence electrons. The van der Waals surface area contributed by atoms with E-state index < -0.39 is 0 Å². The highest BCUT2D eigenvalue weighted by Crippen LogP contribution is 2.27. The van der Waals surface area contributed by atoms with Crippen LogP contribution in [0.25, 0.3) is 0 Å². The lowest BCUT2D eigenvalue weighted by molar-refractivity contribution is 0.0925. The molecule has 9 heteroatoms. The average Bonchev–Trinajstić information content (AvgIpc) is 3.49. The van der Waals surface area contributed by atoms with Crippen LogP contribution >= 0.6 is 35.3 Å². The normalized spacial score (nSPS) is 15.5. The summed E-state index contributed by atoms with van der Waals surface area (Å²) in [6, 6.07) is 6.51. The van der Waals surface area contributed by atoms with E-state index in [2.05, 4.69) is 43.4 Å². The van der Waals surface area contributed by atoms with E-state index in [1.54, 1.807) is 13.1 Å². The molecule has 2 aromatic rings. The van der Waals surface area contributed by atoms with Gasteiger partial charge in [0.2, 0.25) is 0 Å². The van der Waals surface area contributed by atoms with Gasteiger partial charge in [0, 0.05) is 37.1 Å². The van der Waals surface area contributed by atoms with Crippen molar-refractivity contribution in [1.82, 2.24) is 20.9 Å². The number of nitrogens with zero attached hydrogens (tertiary/aromatic N) is 2. The molecule has 0 aliphatic carbocycles. The second kappa shape index (κ2) is 13.0. The predicted octanol–water partition coefficient (Wildman–Crippen LogP) is 3.39. The molecule has 1 saturated heterocycles. The van der Waals surface area contributed by atoms with Gasteiger partial charge >= 0.3 is 0 Å². The van der Waals surface area contributed by atoms with Crippen molar-refractivity contribution in [2.24, 2.45) is 4.99 Å². The summed E-state index contributed by atoms with van der Waals surface area (Å²) < 4.78 is 5.21. The lowest BCUT2D eigenvalue weighted by Gasteiger charge is -2.27. The highest BCUT2D eigenvalue weighted by molar-refractivity contribution is 14.0. The highest BCUT2D eigenvalue weighted by atomic mass is 127. The number of hydrogen-bond donors (Lipinski definition) is 3. The summed E-state index contributed by atoms with van der Waals surface area (Å²) in [5.41, 5.74) is 0.850. The zero-order chi connectivity index (χ0) is 20.5. The Kier molecular flexibility index (Phi) is 10.7. The Morgan fingerprint density at radius 2 is 2.00 bits per heavy atom. The second-order valence-corrected chi connectivity index (χ2v) is 8.18. The molecule has 1 aliphatic rings. The molecule has 3 rings (SSSR count). The van der Waals surface area contributed by atoms with Crippen LogP contribution in [0.15, 0.2) is 39.3 Å². The number of furan rings is 1. The molecule has 0 aromatic carbocycles. The van der Waals surface area contributed by atoms with Crippen molar-refractivity contribution in [2.45, 2.75) is 32.2 Å². The Labute approximate surface area is 199 Å². The van der Waals surface area contributed by atoms with E-state index in [0.29, 0.717) is 18.3 Å². The minimum atomic E-state index is -0.167. The Bertz CT molecular complexity index is 787. The monoisotopic (exact) mass is 545 g/mol. The Balaban J connectivity index is 0.00000320. The Morgan fingerprint density at radius 3 is 2.63 bits per heavy atom. The number of thiophene rings is 1. The number of nitrogens with one attached hydrogen (secondary N) is 3. The molecule has 3 heterocycles. The third-order valence-corrected chi connectivity index (χ3v) is 6.11. The zero-order valence-corrected chi connectivity index (χ0v) is 20.8. The molecule has 2 aromatic heterocycles. The van der Waals surface area contributed by atoms with E-state index in [-0.39, 0.29) is 29.9 Å². The van der Waals surface area contributed by atoms with E-state index in [1.807, 2.05) is 18.3 Å². The first-order valence-electron chi connectivity index (χ1n) is 10.2. The van der Waals surface area contributed by atoms with Gasteiger partial charge in [-0.15, -0.1) is 35.3 Å². The first-order valence-corrected chi connectivity index (χ1v) is 11.1. The van der Waals surface area contributed by atoms with Crippen LogP contribution in [0, 0.1) is 6.92 Å². The standard InChI is InChI=1S/C21H31N5O2S.HI/c1-16-8-13-28-19(16)20(27)23-9-6-10-24-21(22-2)25-15-17(18-7-5-14-29-18)26-11-3-4-12-26;/h5,7-8,13-14,17H,3-4,6,9-12,15H2,1-2H3,(H,23,27)(H2,22,24,25);1H. The van der Waals surface area contributed by atoms with Crippen LogP contribution < -0.4 is 16.0 Å². The van der Waals surface area contributed by atoms with Crippen LogP contribution in [0.3, 0.4) is 0 Å². The summed E-state index contributed by atoms with van der Waals surface area (Å²) in [5.74, 6) is 1.01. The number of carbonyl (C=O) groups excluding carboxylic acids is 1. The van der Waals surface area contributed by atoms with Gasteiger partial charge < -0.3 is 20.4 Å². The maximum atomic E-state index is 12.0. The van der Waals surface area contributed by atoms with Crippen LogP contribution in [-0.4, -0.2) is 56.5 Å². The topological polar surface area (TPSA) is 81.9 Å². The molecule has 3 N–H and O–H groups in total. The van der Waals surface area contributed by atoms with Crippen molar-refractivity contribution in [1.29, 1.82) is 0 Å². The van der Waals surface area contributed by atoms with E-state index in [4.69, 9.17) is 4.42 Å². The number of aryl methyl sites for hydroxylation is 1. The first-order chi connectivity index (χ1) is 14.2. The summed E-state index contributed by atoms with van der Waals surface area (Å²) in [6.07, 6.45) is 4.88. The molecule has 1 fully saturated rings. The summed E-state index contributed by atoms with van der Waals surface area (Å²) in [4.78, 5) is 20.3. The molecule has 1 amide bonds. The summed E-state index contributed by atoms with van der Waals surface area (Å²) in [5, 5.41) is 11.8. The van der Waals surface area contributed by atoms with Gasteiger partial charge in [0.25, 0.3) is 5.91 Å². The average molecular weight is 545 g/mol. The molecule has 7 nitrogen and oxygen atoms in total. The van der Waals surface area contributed by atoms with E-state index in [0.717, 1.165) is 44.1 Å². The molecule has 1 unspecified atom stereocenters. The van der Waals surface area contributed by atoms with Crippen LogP contribution in [0.2, 0.25) is 0 Å². The maximum absolute atomic E-state index is 12.0. The SMILES string of the molecule is CN=C(NCCCNC(=O)c1occc1C)NCC(c1cccs1)N1CCCC1.I. The molecule has 1 atom stereocenters. The van der Waals surface area contributed by atoms with Gasteiger partial charge in [0.15, 0.2) is 11.7 Å². The fourth-order valence-corrected chi connectivity index (χ4v) is 4.40. The van der Waals surface area contributed by atoms with Gasteiger partial charge in [-0.2, -0.15) is 0 Å². The molecule has 0 spiro atoms. The first kappa shape index (κ1) is 24.7. The zero-order valence-electron chi connectivity index (χ0n) is 17.6. The summed E-state index contributed by atoms with van der Waals surface area (Å²) in [7, 11) is 1.78. The largest absolute Gasteiger partial charge is 0.459 e. The van der Waals surface area contributed by atoms with Crippen LogP contribution in [0.5, 0.6) is 0 Å². The lowest BCUT2D eigenvalue weighted by Crippen LogP contribution is -2.43. The van der Waals surface area contributed by atoms with Crippen molar-refractivity contribution in [3.63, 3.8) is 0 Å². The van der Waals surface area contributed by atoms with Crippen LogP contribution in [0.4, 0.5) is 0 Å². The number of halogens is 1. The number of aliphatic imine (C=N–C) groups is 1. The fraction of sp³-hybridized carbons (Fsp3) is 0.524. The van der Waals surface area contributed by atoms with Crippen molar-refractivity contribution in [2.75, 3.05) is 39.8 Å². The molecule has 30 heavy (non-hydrogen) atoms. The number of carbonyl (C=O) groups is 1. The number of hydrogen-bond acceptors (Lipinski definition) is 5. The van der Waals surface area contributed by atoms with E-state index >= 15 is 0 Å². The summed E-state index contributed by atoms with van der Waals surface area (Å²) in [6.45, 7) is 6.31. The maximum Gasteiger partial charge on any atom is 0.287 e. The van der Waals surface area contributed by atoms with Gasteiger partial charge in [0.05, 0.1) is 12.3 Å². The lowest BCUT2D eigenvalue weighted by atomic mass is 10.2. The smallest absolute Gasteiger partial charge is 0.287 e. The Morgan fingerprint density at radius 1 is 1.23 bits per heavy atom. The fourth-order valence-electron chi connectivity index (χ4n) is 3.54. The molecular formula is C21H32IN5O2S. The molecule has 0 radical (unpaired) electrons. The van der Waals surface area contributed by atoms with Crippen molar-refractivity contribution < 1.29 is 9.21 Å². The van der Waals surface area contributed by atoms with E-state index in [1.165, 1.54) is 24.0 Å². The van der Waals surface area contributed by atoms with Crippen molar-refractivity contribution >= 4 is 47.2 Å². The molecular weight excluding hydrogens is 513 g/mol. The third-order valence-electron chi connectivity index (χ3n) is 5.14. The minimum absolute atomic E-state index is 0. The quantitative estimate of drug-likeness (QED) is 0.195. The van der Waals surface area contributed by atoms with Crippen LogP contribution in [0.1, 0.15) is 46.3 Å². The van der Waals surface area contributed by atoms with Crippen LogP contribution in [-0.2, 0) is 0 Å². The molecule has 0 bridgehead atoms. The third kappa shape index (κ3) is 6.98. The number of likely N-dealkylation sites (tertiary alicyclic amines) is 1. The van der Waals surface area contributed by atoms with Gasteiger partial charge in [-0.25, -0.2) is 0 Å². The van der Waals surface area contributed by atoms with Crippen molar-refractivity contribution in [3.8, 4) is 0 Å². The van der Waals surface area contributed by atoms with E-state index in [9.17, 15) is 4.79 Å². The second-order valence-electron chi connectivity index (χ2n) is 7.20. The Hall–Kier alpha value is -1.59. The summed E-state index contributed by atoms with van der Waals surface area (Å²) >= 11 is 1.81. The van der Waals surface area contributed by atoms with Crippen molar-refractivity contribution in [3.05, 3.63) is 46.0 Å². The van der Waals surface area contributed by atoms with Gasteiger partial charge in [0.1, 0.15) is 0 Å². The predicted molar refractivity (Wildman–Crippen MR) is 133 cm³/mol. The van der Waals surface area contributed by atoms with Gasteiger partial charge in [-0.1, -0.05) is 6.07 Å². The number of guanidine groups is 1. The minimum Gasteiger partial charge on any atom is -0.459 e.